The molecule has 5 nitrogen and oxygen atoms in total. The van der Waals surface area contributed by atoms with Crippen molar-refractivity contribution in [1.29, 1.82) is 0 Å². The molecule has 2 aromatic rings. The van der Waals surface area contributed by atoms with E-state index in [0.717, 1.165) is 22.6 Å². The van der Waals surface area contributed by atoms with E-state index >= 15 is 0 Å². The summed E-state index contributed by atoms with van der Waals surface area (Å²) in [4.78, 5) is 14.4. The van der Waals surface area contributed by atoms with Crippen LogP contribution in [0.3, 0.4) is 0 Å². The normalized spacial score (nSPS) is 15.1. The maximum atomic E-state index is 12.6. The first kappa shape index (κ1) is 18.6. The minimum atomic E-state index is -0.396. The van der Waals surface area contributed by atoms with Gasteiger partial charge in [0, 0.05) is 24.8 Å². The predicted octanol–water partition coefficient (Wildman–Crippen LogP) is 3.57. The fourth-order valence-electron chi connectivity index (χ4n) is 3.20. The number of amides is 1. The van der Waals surface area contributed by atoms with Gasteiger partial charge in [-0.2, -0.15) is 5.10 Å². The Labute approximate surface area is 156 Å². The lowest BCUT2D eigenvalue weighted by Gasteiger charge is -2.22. The van der Waals surface area contributed by atoms with Crippen LogP contribution in [0.15, 0.2) is 24.3 Å². The molecule has 0 aliphatic heterocycles. The second-order valence-corrected chi connectivity index (χ2v) is 7.46. The highest BCUT2D eigenvalue weighted by atomic mass is 16.5. The third-order valence-corrected chi connectivity index (χ3v) is 5.18. The lowest BCUT2D eigenvalue weighted by molar-refractivity contribution is -0.142. The van der Waals surface area contributed by atoms with Crippen molar-refractivity contribution in [1.82, 2.24) is 14.7 Å². The van der Waals surface area contributed by atoms with E-state index < -0.39 is 6.10 Å². The molecule has 3 rings (SSSR count). The fourth-order valence-corrected chi connectivity index (χ4v) is 3.20. The maximum Gasteiger partial charge on any atom is 0.251 e. The largest absolute Gasteiger partial charge is 0.368 e. The van der Waals surface area contributed by atoms with Crippen LogP contribution in [0.4, 0.5) is 0 Å². The molecule has 1 aromatic carbocycles. The summed E-state index contributed by atoms with van der Waals surface area (Å²) in [5.41, 5.74) is 5.38. The smallest absolute Gasteiger partial charge is 0.251 e. The Morgan fingerprint density at radius 3 is 2.65 bits per heavy atom. The zero-order valence-electron chi connectivity index (χ0n) is 16.5. The van der Waals surface area contributed by atoms with Gasteiger partial charge in [-0.1, -0.05) is 18.2 Å². The standard InChI is InChI=1S/C21H29N3O2/c1-14-8-6-7-9-20(14)24-16(3)19(15(2)22-24)12-23(5)21(25)17(4)26-13-18-10-11-18/h6-9,17-18H,10-13H2,1-5H3. The van der Waals surface area contributed by atoms with Gasteiger partial charge in [0.05, 0.1) is 18.0 Å². The highest BCUT2D eigenvalue weighted by molar-refractivity contribution is 5.80. The quantitative estimate of drug-likeness (QED) is 0.763. The van der Waals surface area contributed by atoms with Crippen molar-refractivity contribution in [2.75, 3.05) is 13.7 Å². The molecule has 5 heteroatoms. The summed E-state index contributed by atoms with van der Waals surface area (Å²) in [7, 11) is 1.84. The molecule has 1 amide bonds. The molecule has 0 bridgehead atoms. The van der Waals surface area contributed by atoms with E-state index in [1.54, 1.807) is 4.90 Å². The van der Waals surface area contributed by atoms with Gasteiger partial charge in [-0.3, -0.25) is 4.79 Å². The Hall–Kier alpha value is -2.14. The van der Waals surface area contributed by atoms with Crippen molar-refractivity contribution in [2.24, 2.45) is 5.92 Å². The number of hydrogen-bond donors (Lipinski definition) is 0. The topological polar surface area (TPSA) is 47.4 Å². The van der Waals surface area contributed by atoms with Gasteiger partial charge in [-0.15, -0.1) is 0 Å². The van der Waals surface area contributed by atoms with E-state index in [2.05, 4.69) is 26.0 Å². The summed E-state index contributed by atoms with van der Waals surface area (Å²) in [6.07, 6.45) is 2.06. The number of aromatic nitrogens is 2. The zero-order valence-corrected chi connectivity index (χ0v) is 16.5. The number of aryl methyl sites for hydroxylation is 2. The Bertz CT molecular complexity index is 793. The highest BCUT2D eigenvalue weighted by Crippen LogP contribution is 2.29. The minimum Gasteiger partial charge on any atom is -0.368 e. The minimum absolute atomic E-state index is 0.0214. The van der Waals surface area contributed by atoms with E-state index in [0.29, 0.717) is 19.1 Å². The summed E-state index contributed by atoms with van der Waals surface area (Å²) in [5, 5.41) is 4.71. The second-order valence-electron chi connectivity index (χ2n) is 7.46. The van der Waals surface area contributed by atoms with Gasteiger partial charge >= 0.3 is 0 Å². The van der Waals surface area contributed by atoms with Crippen LogP contribution in [0.5, 0.6) is 0 Å². The van der Waals surface area contributed by atoms with Crippen LogP contribution in [0.1, 0.15) is 42.3 Å². The molecule has 1 atom stereocenters. The maximum absolute atomic E-state index is 12.6. The van der Waals surface area contributed by atoms with E-state index in [4.69, 9.17) is 9.84 Å². The number of para-hydroxylation sites is 1. The second kappa shape index (κ2) is 7.62. The molecule has 0 saturated heterocycles. The van der Waals surface area contributed by atoms with Crippen LogP contribution < -0.4 is 0 Å². The van der Waals surface area contributed by atoms with E-state index in [1.165, 1.54) is 18.4 Å². The average molecular weight is 355 g/mol. The SMILES string of the molecule is Cc1ccccc1-n1nc(C)c(CN(C)C(=O)C(C)OCC2CC2)c1C. The van der Waals surface area contributed by atoms with Crippen LogP contribution in [-0.2, 0) is 16.1 Å². The molecular formula is C21H29N3O2. The van der Waals surface area contributed by atoms with Crippen LogP contribution in [0, 0.1) is 26.7 Å². The van der Waals surface area contributed by atoms with Crippen molar-refractivity contribution >= 4 is 5.91 Å². The number of hydrogen-bond acceptors (Lipinski definition) is 3. The van der Waals surface area contributed by atoms with E-state index in [-0.39, 0.29) is 5.91 Å². The van der Waals surface area contributed by atoms with Crippen LogP contribution in [0.25, 0.3) is 5.69 Å². The van der Waals surface area contributed by atoms with Crippen molar-refractivity contribution < 1.29 is 9.53 Å². The Morgan fingerprint density at radius 2 is 2.00 bits per heavy atom. The Morgan fingerprint density at radius 1 is 1.31 bits per heavy atom. The monoisotopic (exact) mass is 355 g/mol. The summed E-state index contributed by atoms with van der Waals surface area (Å²) < 4.78 is 7.70. The molecule has 140 valence electrons. The van der Waals surface area contributed by atoms with Crippen molar-refractivity contribution in [3.63, 3.8) is 0 Å². The molecule has 0 spiro atoms. The first-order chi connectivity index (χ1) is 12.4. The van der Waals surface area contributed by atoms with Crippen LogP contribution in [-0.4, -0.2) is 40.3 Å². The Kier molecular flexibility index (Phi) is 5.47. The van der Waals surface area contributed by atoms with Crippen LogP contribution >= 0.6 is 0 Å². The van der Waals surface area contributed by atoms with Crippen molar-refractivity contribution in [3.05, 3.63) is 46.8 Å². The summed E-state index contributed by atoms with van der Waals surface area (Å²) in [6.45, 7) is 9.23. The van der Waals surface area contributed by atoms with E-state index in [9.17, 15) is 4.79 Å². The van der Waals surface area contributed by atoms with Gasteiger partial charge < -0.3 is 9.64 Å². The average Bonchev–Trinajstić information content (AvgIpc) is 3.41. The molecule has 1 fully saturated rings. The van der Waals surface area contributed by atoms with Gasteiger partial charge in [0.25, 0.3) is 5.91 Å². The predicted molar refractivity (Wildman–Crippen MR) is 102 cm³/mol. The number of ether oxygens (including phenoxy) is 1. The van der Waals surface area contributed by atoms with Gasteiger partial charge in [-0.25, -0.2) is 4.68 Å². The third kappa shape index (κ3) is 3.98. The molecule has 1 aliphatic carbocycles. The zero-order chi connectivity index (χ0) is 18.8. The summed E-state index contributed by atoms with van der Waals surface area (Å²) in [5.74, 6) is 0.681. The van der Waals surface area contributed by atoms with Crippen molar-refractivity contribution in [3.8, 4) is 5.69 Å². The lowest BCUT2D eigenvalue weighted by atomic mass is 10.1. The van der Waals surface area contributed by atoms with Gasteiger partial charge in [0.15, 0.2) is 0 Å². The molecule has 26 heavy (non-hydrogen) atoms. The molecule has 0 N–H and O–H groups in total. The molecular weight excluding hydrogens is 326 g/mol. The fraction of sp³-hybridized carbons (Fsp3) is 0.524. The summed E-state index contributed by atoms with van der Waals surface area (Å²) >= 11 is 0. The molecule has 1 heterocycles. The lowest BCUT2D eigenvalue weighted by Crippen LogP contribution is -2.36. The molecule has 1 saturated carbocycles. The van der Waals surface area contributed by atoms with Gasteiger partial charge in [-0.05, 0) is 58.1 Å². The van der Waals surface area contributed by atoms with Crippen molar-refractivity contribution in [2.45, 2.75) is 53.2 Å². The van der Waals surface area contributed by atoms with Gasteiger partial charge in [0.2, 0.25) is 0 Å². The number of nitrogens with zero attached hydrogens (tertiary/aromatic N) is 3. The first-order valence-corrected chi connectivity index (χ1v) is 9.36. The molecule has 1 unspecified atom stereocenters. The van der Waals surface area contributed by atoms with Gasteiger partial charge in [0.1, 0.15) is 6.10 Å². The number of likely N-dealkylation sites (N-methyl/N-ethyl adjacent to an activating group) is 1. The molecule has 1 aromatic heterocycles. The van der Waals surface area contributed by atoms with Crippen LogP contribution in [0.2, 0.25) is 0 Å². The number of carbonyl (C=O) groups excluding carboxylic acids is 1. The number of carbonyl (C=O) groups is 1. The third-order valence-electron chi connectivity index (χ3n) is 5.18. The summed E-state index contributed by atoms with van der Waals surface area (Å²) in [6, 6.07) is 8.20. The first-order valence-electron chi connectivity index (χ1n) is 9.36. The number of rotatable bonds is 7. The Balaban J connectivity index is 1.73. The molecule has 0 radical (unpaired) electrons. The highest BCUT2D eigenvalue weighted by Gasteiger charge is 2.26. The number of benzene rings is 1. The molecule has 1 aliphatic rings. The van der Waals surface area contributed by atoms with E-state index in [1.807, 2.05) is 37.7 Å².